The summed E-state index contributed by atoms with van der Waals surface area (Å²) in [6.07, 6.45) is 0.943. The van der Waals surface area contributed by atoms with Gasteiger partial charge in [0.05, 0.1) is 13.7 Å². The van der Waals surface area contributed by atoms with E-state index in [1.54, 1.807) is 18.4 Å². The molecule has 0 saturated carbocycles. The highest BCUT2D eigenvalue weighted by molar-refractivity contribution is 7.08. The molecule has 2 aromatic heterocycles. The van der Waals surface area contributed by atoms with E-state index < -0.39 is 0 Å². The molecule has 5 rings (SSSR count). The molecule has 0 atom stereocenters. The smallest absolute Gasteiger partial charge is 0.254 e. The van der Waals surface area contributed by atoms with Crippen LogP contribution in [0.5, 0.6) is 5.75 Å². The number of benzene rings is 2. The molecule has 0 aliphatic carbocycles. The third kappa shape index (κ3) is 5.24. The Morgan fingerprint density at radius 2 is 1.94 bits per heavy atom. The van der Waals surface area contributed by atoms with Gasteiger partial charge in [-0.15, -0.1) is 12.4 Å². The van der Waals surface area contributed by atoms with Crippen LogP contribution in [0.25, 0.3) is 22.1 Å². The number of halogens is 1. The largest absolute Gasteiger partial charge is 0.497 e. The third-order valence-electron chi connectivity index (χ3n) is 5.99. The predicted molar refractivity (Wildman–Crippen MR) is 136 cm³/mol. The van der Waals surface area contributed by atoms with Crippen LogP contribution in [0.4, 0.5) is 0 Å². The molecule has 1 aliphatic rings. The molecule has 1 amide bonds. The first-order valence-electron chi connectivity index (χ1n) is 10.9. The molecule has 0 N–H and O–H groups in total. The summed E-state index contributed by atoms with van der Waals surface area (Å²) < 4.78 is 11.4. The Kier molecular flexibility index (Phi) is 7.38. The number of ether oxygens (including phenoxy) is 1. The summed E-state index contributed by atoms with van der Waals surface area (Å²) in [7, 11) is 1.62. The Balaban J connectivity index is 0.00000259. The fourth-order valence-electron chi connectivity index (χ4n) is 4.28. The van der Waals surface area contributed by atoms with Crippen molar-refractivity contribution in [2.24, 2.45) is 0 Å². The van der Waals surface area contributed by atoms with Crippen LogP contribution in [0.15, 0.2) is 69.8 Å². The second kappa shape index (κ2) is 10.4. The summed E-state index contributed by atoms with van der Waals surface area (Å²) in [5.74, 6) is 1.74. The van der Waals surface area contributed by atoms with Crippen LogP contribution in [-0.4, -0.2) is 49.0 Å². The molecule has 0 bridgehead atoms. The van der Waals surface area contributed by atoms with Gasteiger partial charge >= 0.3 is 0 Å². The highest BCUT2D eigenvalue weighted by Crippen LogP contribution is 2.28. The zero-order valence-electron chi connectivity index (χ0n) is 18.5. The van der Waals surface area contributed by atoms with Crippen molar-refractivity contribution in [1.29, 1.82) is 0 Å². The fourth-order valence-corrected chi connectivity index (χ4v) is 4.94. The van der Waals surface area contributed by atoms with Gasteiger partial charge in [0.2, 0.25) is 0 Å². The number of furan rings is 1. The molecule has 172 valence electrons. The Morgan fingerprint density at radius 3 is 2.76 bits per heavy atom. The van der Waals surface area contributed by atoms with Crippen molar-refractivity contribution < 1.29 is 13.9 Å². The molecule has 1 fully saturated rings. The standard InChI is InChI=1S/C26H26N2O3S.ClH/c1-30-23-5-2-4-20(15-23)26(29)28-10-3-9-27(11-12-28)17-24-16-22-14-19(6-7-25(22)31-24)21-8-13-32-18-21;/h2,4-8,13-16,18H,3,9-12,17H2,1H3;1H. The Morgan fingerprint density at radius 1 is 1.03 bits per heavy atom. The summed E-state index contributed by atoms with van der Waals surface area (Å²) in [5, 5.41) is 5.40. The van der Waals surface area contributed by atoms with E-state index in [9.17, 15) is 4.79 Å². The van der Waals surface area contributed by atoms with Crippen LogP contribution in [0, 0.1) is 0 Å². The molecular formula is C26H27ClN2O3S. The first-order chi connectivity index (χ1) is 15.7. The molecule has 2 aromatic carbocycles. The molecule has 1 saturated heterocycles. The van der Waals surface area contributed by atoms with E-state index in [2.05, 4.69) is 46.0 Å². The van der Waals surface area contributed by atoms with E-state index in [4.69, 9.17) is 9.15 Å². The minimum atomic E-state index is 0. The van der Waals surface area contributed by atoms with E-state index >= 15 is 0 Å². The van der Waals surface area contributed by atoms with Gasteiger partial charge in [-0.2, -0.15) is 11.3 Å². The average molecular weight is 483 g/mol. The summed E-state index contributed by atoms with van der Waals surface area (Å²) in [6.45, 7) is 3.99. The lowest BCUT2D eigenvalue weighted by molar-refractivity contribution is 0.0760. The minimum absolute atomic E-state index is 0. The van der Waals surface area contributed by atoms with Gasteiger partial charge in [-0.25, -0.2) is 0 Å². The maximum atomic E-state index is 13.0. The van der Waals surface area contributed by atoms with Crippen LogP contribution < -0.4 is 4.74 Å². The lowest BCUT2D eigenvalue weighted by Gasteiger charge is -2.21. The topological polar surface area (TPSA) is 45.9 Å². The van der Waals surface area contributed by atoms with Crippen LogP contribution >= 0.6 is 23.7 Å². The molecule has 5 nitrogen and oxygen atoms in total. The van der Waals surface area contributed by atoms with E-state index in [1.165, 1.54) is 11.1 Å². The molecular weight excluding hydrogens is 456 g/mol. The lowest BCUT2D eigenvalue weighted by Crippen LogP contribution is -2.35. The molecule has 33 heavy (non-hydrogen) atoms. The normalized spacial score (nSPS) is 14.6. The summed E-state index contributed by atoms with van der Waals surface area (Å²) >= 11 is 1.71. The van der Waals surface area contributed by atoms with E-state index in [0.29, 0.717) is 17.9 Å². The predicted octanol–water partition coefficient (Wildman–Crippen LogP) is 5.94. The van der Waals surface area contributed by atoms with Gasteiger partial charge in [0, 0.05) is 37.1 Å². The van der Waals surface area contributed by atoms with Crippen LogP contribution in [0.3, 0.4) is 0 Å². The first kappa shape index (κ1) is 23.4. The van der Waals surface area contributed by atoms with E-state index in [0.717, 1.165) is 49.3 Å². The Hall–Kier alpha value is -2.80. The van der Waals surface area contributed by atoms with Gasteiger partial charge in [0.15, 0.2) is 0 Å². The Bertz CT molecular complexity index is 1220. The quantitative estimate of drug-likeness (QED) is 0.353. The lowest BCUT2D eigenvalue weighted by atomic mass is 10.1. The molecule has 7 heteroatoms. The van der Waals surface area contributed by atoms with Crippen molar-refractivity contribution in [1.82, 2.24) is 9.80 Å². The van der Waals surface area contributed by atoms with Crippen LogP contribution in [0.2, 0.25) is 0 Å². The van der Waals surface area contributed by atoms with Crippen molar-refractivity contribution in [2.45, 2.75) is 13.0 Å². The zero-order valence-corrected chi connectivity index (χ0v) is 20.2. The van der Waals surface area contributed by atoms with Crippen LogP contribution in [-0.2, 0) is 6.54 Å². The van der Waals surface area contributed by atoms with Crippen molar-refractivity contribution in [2.75, 3.05) is 33.3 Å². The number of nitrogens with zero attached hydrogens (tertiary/aromatic N) is 2. The molecule has 0 spiro atoms. The highest BCUT2D eigenvalue weighted by atomic mass is 35.5. The highest BCUT2D eigenvalue weighted by Gasteiger charge is 2.21. The number of fused-ring (bicyclic) bond motifs is 1. The Labute approximate surface area is 204 Å². The van der Waals surface area contributed by atoms with Crippen molar-refractivity contribution in [3.8, 4) is 16.9 Å². The van der Waals surface area contributed by atoms with Crippen LogP contribution in [0.1, 0.15) is 22.5 Å². The molecule has 0 radical (unpaired) electrons. The van der Waals surface area contributed by atoms with Gasteiger partial charge < -0.3 is 14.1 Å². The van der Waals surface area contributed by atoms with Crippen molar-refractivity contribution in [3.63, 3.8) is 0 Å². The van der Waals surface area contributed by atoms with E-state index in [-0.39, 0.29) is 18.3 Å². The third-order valence-corrected chi connectivity index (χ3v) is 6.68. The van der Waals surface area contributed by atoms with Gasteiger partial charge in [-0.05, 0) is 70.8 Å². The average Bonchev–Trinajstić information content (AvgIpc) is 3.44. The number of methoxy groups -OCH3 is 1. The summed E-state index contributed by atoms with van der Waals surface area (Å²) in [5.41, 5.74) is 4.06. The van der Waals surface area contributed by atoms with Gasteiger partial charge in [-0.3, -0.25) is 9.69 Å². The van der Waals surface area contributed by atoms with E-state index in [1.807, 2.05) is 29.2 Å². The number of amides is 1. The zero-order chi connectivity index (χ0) is 21.9. The maximum Gasteiger partial charge on any atom is 0.254 e. The van der Waals surface area contributed by atoms with Gasteiger partial charge in [0.1, 0.15) is 17.1 Å². The summed E-state index contributed by atoms with van der Waals surface area (Å²) in [4.78, 5) is 17.3. The second-order valence-electron chi connectivity index (χ2n) is 8.13. The first-order valence-corrected chi connectivity index (χ1v) is 11.8. The number of rotatable bonds is 5. The number of hydrogen-bond donors (Lipinski definition) is 0. The van der Waals surface area contributed by atoms with Gasteiger partial charge in [-0.1, -0.05) is 12.1 Å². The SMILES string of the molecule is COc1cccc(C(=O)N2CCCN(Cc3cc4cc(-c5ccsc5)ccc4o3)CC2)c1.Cl. The number of hydrogen-bond acceptors (Lipinski definition) is 5. The second-order valence-corrected chi connectivity index (χ2v) is 8.91. The van der Waals surface area contributed by atoms with Gasteiger partial charge in [0.25, 0.3) is 5.91 Å². The summed E-state index contributed by atoms with van der Waals surface area (Å²) in [6, 6.07) is 18.0. The molecule has 4 aromatic rings. The number of carbonyl (C=O) groups excluding carboxylic acids is 1. The monoisotopic (exact) mass is 482 g/mol. The molecule has 0 unspecified atom stereocenters. The fraction of sp³-hybridized carbons (Fsp3) is 0.269. The minimum Gasteiger partial charge on any atom is -0.497 e. The maximum absolute atomic E-state index is 13.0. The number of carbonyl (C=O) groups is 1. The number of thiophene rings is 1. The molecule has 1 aliphatic heterocycles. The van der Waals surface area contributed by atoms with Crippen molar-refractivity contribution in [3.05, 3.63) is 76.7 Å². The van der Waals surface area contributed by atoms with Crippen molar-refractivity contribution >= 4 is 40.6 Å². The molecule has 3 heterocycles.